The molecule has 8 heteroatoms. The monoisotopic (exact) mass is 390 g/mol. The number of hydrogen-bond acceptors (Lipinski definition) is 7. The predicted molar refractivity (Wildman–Crippen MR) is 101 cm³/mol. The highest BCUT2D eigenvalue weighted by atomic mass is 16.5. The number of nitrogens with zero attached hydrogens (tertiary/aromatic N) is 1. The van der Waals surface area contributed by atoms with Gasteiger partial charge in [0.25, 0.3) is 5.91 Å². The number of benzene rings is 1. The van der Waals surface area contributed by atoms with Crippen molar-refractivity contribution in [2.75, 3.05) is 14.2 Å². The Morgan fingerprint density at radius 2 is 1.71 bits per heavy atom. The molecule has 0 aliphatic carbocycles. The van der Waals surface area contributed by atoms with Gasteiger partial charge < -0.3 is 24.1 Å². The molecule has 8 nitrogen and oxygen atoms in total. The lowest BCUT2D eigenvalue weighted by Gasteiger charge is -2.21. The van der Waals surface area contributed by atoms with E-state index in [0.717, 1.165) is 5.56 Å². The molecule has 0 saturated heterocycles. The van der Waals surface area contributed by atoms with Crippen LogP contribution in [0.1, 0.15) is 41.2 Å². The molecular weight excluding hydrogens is 364 g/mol. The van der Waals surface area contributed by atoms with E-state index >= 15 is 0 Å². The van der Waals surface area contributed by atoms with Crippen molar-refractivity contribution in [3.8, 4) is 11.5 Å². The summed E-state index contributed by atoms with van der Waals surface area (Å²) in [5, 5.41) is 6.57. The molecule has 1 amide bonds. The summed E-state index contributed by atoms with van der Waals surface area (Å²) >= 11 is 0. The fourth-order valence-electron chi connectivity index (χ4n) is 2.60. The first kappa shape index (κ1) is 21.3. The molecular formula is C20H26N2O6. The van der Waals surface area contributed by atoms with E-state index in [1.807, 2.05) is 13.8 Å². The van der Waals surface area contributed by atoms with E-state index < -0.39 is 17.9 Å². The zero-order chi connectivity index (χ0) is 20.8. The molecule has 0 radical (unpaired) electrons. The third kappa shape index (κ3) is 5.03. The summed E-state index contributed by atoms with van der Waals surface area (Å²) in [6.07, 6.45) is 0. The highest BCUT2D eigenvalue weighted by Gasteiger charge is 2.27. The molecule has 0 spiro atoms. The zero-order valence-electron chi connectivity index (χ0n) is 17.0. The Kier molecular flexibility index (Phi) is 7.03. The van der Waals surface area contributed by atoms with Crippen LogP contribution in [0.15, 0.2) is 22.7 Å². The molecule has 2 rings (SSSR count). The number of ether oxygens (including phenoxy) is 3. The molecule has 2 aromatic rings. The van der Waals surface area contributed by atoms with Gasteiger partial charge in [0.15, 0.2) is 0 Å². The van der Waals surface area contributed by atoms with Crippen LogP contribution in [0.4, 0.5) is 0 Å². The Hall–Kier alpha value is -3.03. The molecule has 1 atom stereocenters. The van der Waals surface area contributed by atoms with Gasteiger partial charge in [-0.15, -0.1) is 0 Å². The molecule has 1 N–H and O–H groups in total. The van der Waals surface area contributed by atoms with Gasteiger partial charge in [-0.2, -0.15) is 0 Å². The molecule has 0 bridgehead atoms. The van der Waals surface area contributed by atoms with Crippen molar-refractivity contribution in [3.05, 3.63) is 40.8 Å². The number of methoxy groups -OCH3 is 2. The Morgan fingerprint density at radius 3 is 2.18 bits per heavy atom. The molecule has 28 heavy (non-hydrogen) atoms. The summed E-state index contributed by atoms with van der Waals surface area (Å²) in [6.45, 7) is 7.22. The largest absolute Gasteiger partial charge is 0.497 e. The average Bonchev–Trinajstić information content (AvgIpc) is 3.00. The van der Waals surface area contributed by atoms with Gasteiger partial charge in [0.1, 0.15) is 29.9 Å². The van der Waals surface area contributed by atoms with E-state index in [4.69, 9.17) is 18.7 Å². The smallest absolute Gasteiger partial charge is 0.329 e. The van der Waals surface area contributed by atoms with Crippen LogP contribution in [-0.4, -0.2) is 37.3 Å². The number of aryl methyl sites for hydroxylation is 2. The van der Waals surface area contributed by atoms with Crippen molar-refractivity contribution in [3.63, 3.8) is 0 Å². The number of amides is 1. The first-order valence-corrected chi connectivity index (χ1v) is 8.89. The average molecular weight is 390 g/mol. The molecule has 152 valence electrons. The number of esters is 1. The Morgan fingerprint density at radius 1 is 1.11 bits per heavy atom. The standard InChI is InChI=1S/C20H26N2O6/c1-11(2)18(20(24)27-10-17-12(3)22-28-13(17)4)21-19(23)14-7-15(25-5)9-16(8-14)26-6/h7-9,11,18H,10H2,1-6H3,(H,21,23)/t18-/m1/s1. The summed E-state index contributed by atoms with van der Waals surface area (Å²) in [4.78, 5) is 25.3. The van der Waals surface area contributed by atoms with Gasteiger partial charge >= 0.3 is 5.97 Å². The van der Waals surface area contributed by atoms with Crippen LogP contribution in [-0.2, 0) is 16.1 Å². The molecule has 1 aromatic carbocycles. The fraction of sp³-hybridized carbons (Fsp3) is 0.450. The van der Waals surface area contributed by atoms with Crippen molar-refractivity contribution in [1.82, 2.24) is 10.5 Å². The second-order valence-electron chi connectivity index (χ2n) is 6.71. The van der Waals surface area contributed by atoms with Gasteiger partial charge in [0.05, 0.1) is 25.5 Å². The molecule has 0 unspecified atom stereocenters. The molecule has 1 aromatic heterocycles. The lowest BCUT2D eigenvalue weighted by Crippen LogP contribution is -2.45. The summed E-state index contributed by atoms with van der Waals surface area (Å²) < 4.78 is 20.8. The maximum Gasteiger partial charge on any atom is 0.329 e. The van der Waals surface area contributed by atoms with Gasteiger partial charge in [-0.05, 0) is 31.9 Å². The van der Waals surface area contributed by atoms with Crippen LogP contribution in [0.5, 0.6) is 11.5 Å². The van der Waals surface area contributed by atoms with Gasteiger partial charge in [0.2, 0.25) is 0 Å². The van der Waals surface area contributed by atoms with Crippen LogP contribution >= 0.6 is 0 Å². The van der Waals surface area contributed by atoms with Gasteiger partial charge in [-0.3, -0.25) is 4.79 Å². The quantitative estimate of drug-likeness (QED) is 0.692. The van der Waals surface area contributed by atoms with E-state index in [2.05, 4.69) is 10.5 Å². The second-order valence-corrected chi connectivity index (χ2v) is 6.71. The van der Waals surface area contributed by atoms with Crippen molar-refractivity contribution in [2.45, 2.75) is 40.3 Å². The first-order valence-electron chi connectivity index (χ1n) is 8.89. The van der Waals surface area contributed by atoms with E-state index in [9.17, 15) is 9.59 Å². The van der Waals surface area contributed by atoms with Gasteiger partial charge in [-0.25, -0.2) is 4.79 Å². The fourth-order valence-corrected chi connectivity index (χ4v) is 2.60. The lowest BCUT2D eigenvalue weighted by atomic mass is 10.0. The number of rotatable bonds is 8. The van der Waals surface area contributed by atoms with E-state index in [0.29, 0.717) is 28.5 Å². The van der Waals surface area contributed by atoms with Crippen molar-refractivity contribution >= 4 is 11.9 Å². The highest BCUT2D eigenvalue weighted by molar-refractivity contribution is 5.97. The Bertz CT molecular complexity index is 801. The number of hydrogen-bond donors (Lipinski definition) is 1. The van der Waals surface area contributed by atoms with Gasteiger partial charge in [0, 0.05) is 11.6 Å². The van der Waals surface area contributed by atoms with Crippen molar-refractivity contribution < 1.29 is 28.3 Å². The van der Waals surface area contributed by atoms with E-state index in [1.165, 1.54) is 14.2 Å². The minimum absolute atomic E-state index is 0.0338. The highest BCUT2D eigenvalue weighted by Crippen LogP contribution is 2.23. The second kappa shape index (κ2) is 9.25. The number of aromatic nitrogens is 1. The third-order valence-corrected chi connectivity index (χ3v) is 4.36. The Labute approximate surface area is 164 Å². The van der Waals surface area contributed by atoms with Crippen LogP contribution < -0.4 is 14.8 Å². The van der Waals surface area contributed by atoms with Crippen LogP contribution in [0.2, 0.25) is 0 Å². The minimum atomic E-state index is -0.815. The number of carbonyl (C=O) groups excluding carboxylic acids is 2. The number of nitrogens with one attached hydrogen (secondary N) is 1. The maximum atomic E-state index is 12.7. The van der Waals surface area contributed by atoms with Crippen molar-refractivity contribution in [2.24, 2.45) is 5.92 Å². The SMILES string of the molecule is COc1cc(OC)cc(C(=O)N[C@@H](C(=O)OCc2c(C)noc2C)C(C)C)c1. The molecule has 1 heterocycles. The minimum Gasteiger partial charge on any atom is -0.497 e. The lowest BCUT2D eigenvalue weighted by molar-refractivity contribution is -0.148. The molecule has 0 aliphatic heterocycles. The number of carbonyl (C=O) groups is 2. The normalized spacial score (nSPS) is 11.8. The molecule has 0 saturated carbocycles. The predicted octanol–water partition coefficient (Wildman–Crippen LogP) is 2.81. The topological polar surface area (TPSA) is 99.9 Å². The molecule has 0 aliphatic rings. The van der Waals surface area contributed by atoms with E-state index in [1.54, 1.807) is 32.0 Å². The molecule has 0 fully saturated rings. The maximum absolute atomic E-state index is 12.7. The summed E-state index contributed by atoms with van der Waals surface area (Å²) in [5.41, 5.74) is 1.71. The first-order chi connectivity index (χ1) is 13.3. The summed E-state index contributed by atoms with van der Waals surface area (Å²) in [5.74, 6) is 0.425. The Balaban J connectivity index is 2.11. The third-order valence-electron chi connectivity index (χ3n) is 4.36. The van der Waals surface area contributed by atoms with Crippen LogP contribution in [0, 0.1) is 19.8 Å². The summed E-state index contributed by atoms with van der Waals surface area (Å²) in [7, 11) is 3.00. The van der Waals surface area contributed by atoms with E-state index in [-0.39, 0.29) is 12.5 Å². The van der Waals surface area contributed by atoms with Crippen LogP contribution in [0.25, 0.3) is 0 Å². The summed E-state index contributed by atoms with van der Waals surface area (Å²) in [6, 6.07) is 3.99. The van der Waals surface area contributed by atoms with Gasteiger partial charge in [-0.1, -0.05) is 19.0 Å². The van der Waals surface area contributed by atoms with Crippen molar-refractivity contribution in [1.29, 1.82) is 0 Å². The zero-order valence-corrected chi connectivity index (χ0v) is 17.0. The van der Waals surface area contributed by atoms with Crippen LogP contribution in [0.3, 0.4) is 0 Å².